The zero-order chi connectivity index (χ0) is 10.8. The number of likely N-dealkylation sites (tertiary alicyclic amines) is 1. The van der Waals surface area contributed by atoms with E-state index in [0.29, 0.717) is 0 Å². The van der Waals surface area contributed by atoms with Crippen LogP contribution in [0, 0.1) is 0 Å². The van der Waals surface area contributed by atoms with Gasteiger partial charge in [0, 0.05) is 13.0 Å². The second kappa shape index (κ2) is 4.26. The van der Waals surface area contributed by atoms with Crippen LogP contribution >= 0.6 is 0 Å². The summed E-state index contributed by atoms with van der Waals surface area (Å²) in [6.07, 6.45) is 3.61. The molecule has 0 unspecified atom stereocenters. The van der Waals surface area contributed by atoms with Crippen LogP contribution in [0.4, 0.5) is 0 Å². The van der Waals surface area contributed by atoms with E-state index in [2.05, 4.69) is 9.88 Å². The topological polar surface area (TPSA) is 29.3 Å². The smallest absolute Gasteiger partial charge is 0.196 e. The lowest BCUT2D eigenvalue weighted by atomic mass is 10.3. The molecule has 0 amide bonds. The molecule has 1 aliphatic rings. The second-order valence-corrected chi connectivity index (χ2v) is 4.37. The van der Waals surface area contributed by atoms with E-state index in [-0.39, 0.29) is 0 Å². The number of rotatable bonds is 3. The minimum absolute atomic E-state index is 0.869. The van der Waals surface area contributed by atoms with Crippen LogP contribution in [0.5, 0.6) is 0 Å². The molecular weight excluding hydrogens is 200 g/mol. The molecule has 1 fully saturated rings. The molecule has 2 aromatic rings. The first-order chi connectivity index (χ1) is 7.92. The first kappa shape index (κ1) is 9.85. The molecule has 0 atom stereocenters. The predicted octanol–water partition coefficient (Wildman–Crippen LogP) is 2.47. The summed E-state index contributed by atoms with van der Waals surface area (Å²) in [7, 11) is 0. The molecule has 1 aromatic carbocycles. The van der Waals surface area contributed by atoms with Crippen molar-refractivity contribution in [3.8, 4) is 0 Å². The van der Waals surface area contributed by atoms with E-state index in [1.165, 1.54) is 25.9 Å². The lowest BCUT2D eigenvalue weighted by molar-refractivity contribution is 0.330. The second-order valence-electron chi connectivity index (χ2n) is 4.37. The fourth-order valence-corrected chi connectivity index (χ4v) is 2.29. The quantitative estimate of drug-likeness (QED) is 0.789. The molecule has 0 radical (unpaired) electrons. The number of oxazole rings is 1. The van der Waals surface area contributed by atoms with Crippen LogP contribution in [-0.2, 0) is 6.42 Å². The molecule has 1 aromatic heterocycles. The van der Waals surface area contributed by atoms with Crippen LogP contribution in [0.2, 0.25) is 0 Å². The Hall–Kier alpha value is -1.35. The van der Waals surface area contributed by atoms with Gasteiger partial charge in [0.05, 0.1) is 0 Å². The summed E-state index contributed by atoms with van der Waals surface area (Å²) in [6, 6.07) is 7.95. The molecule has 3 heteroatoms. The lowest BCUT2D eigenvalue weighted by Crippen LogP contribution is -2.21. The molecule has 0 spiro atoms. The molecule has 1 saturated heterocycles. The van der Waals surface area contributed by atoms with Gasteiger partial charge in [0.2, 0.25) is 0 Å². The highest BCUT2D eigenvalue weighted by atomic mass is 16.3. The van der Waals surface area contributed by atoms with Gasteiger partial charge in [0.25, 0.3) is 0 Å². The van der Waals surface area contributed by atoms with E-state index >= 15 is 0 Å². The molecule has 2 heterocycles. The number of hydrogen-bond donors (Lipinski definition) is 0. The summed E-state index contributed by atoms with van der Waals surface area (Å²) in [5.41, 5.74) is 1.87. The number of aromatic nitrogens is 1. The third-order valence-electron chi connectivity index (χ3n) is 3.18. The van der Waals surface area contributed by atoms with Gasteiger partial charge in [-0.3, -0.25) is 0 Å². The van der Waals surface area contributed by atoms with Gasteiger partial charge in [0.1, 0.15) is 5.52 Å². The average molecular weight is 216 g/mol. The van der Waals surface area contributed by atoms with Crippen LogP contribution in [0.1, 0.15) is 18.7 Å². The largest absolute Gasteiger partial charge is 0.441 e. The molecule has 1 aliphatic heterocycles. The van der Waals surface area contributed by atoms with Crippen LogP contribution in [0.25, 0.3) is 11.1 Å². The number of nitrogens with zero attached hydrogens (tertiary/aromatic N) is 2. The Labute approximate surface area is 95.1 Å². The van der Waals surface area contributed by atoms with Gasteiger partial charge in [-0.05, 0) is 38.1 Å². The van der Waals surface area contributed by atoms with E-state index < -0.39 is 0 Å². The zero-order valence-electron chi connectivity index (χ0n) is 9.35. The summed E-state index contributed by atoms with van der Waals surface area (Å²) >= 11 is 0. The molecule has 16 heavy (non-hydrogen) atoms. The van der Waals surface area contributed by atoms with E-state index in [1.54, 1.807) is 0 Å². The van der Waals surface area contributed by atoms with Gasteiger partial charge in [-0.1, -0.05) is 12.1 Å². The van der Waals surface area contributed by atoms with Crippen molar-refractivity contribution in [2.75, 3.05) is 19.6 Å². The van der Waals surface area contributed by atoms with Crippen molar-refractivity contribution in [2.45, 2.75) is 19.3 Å². The van der Waals surface area contributed by atoms with E-state index in [0.717, 1.165) is 30.0 Å². The molecular formula is C13H16N2O. The number of para-hydroxylation sites is 2. The number of hydrogen-bond acceptors (Lipinski definition) is 3. The number of fused-ring (bicyclic) bond motifs is 1. The fourth-order valence-electron chi connectivity index (χ4n) is 2.29. The maximum Gasteiger partial charge on any atom is 0.196 e. The third kappa shape index (κ3) is 1.95. The highest BCUT2D eigenvalue weighted by molar-refractivity contribution is 5.72. The van der Waals surface area contributed by atoms with Gasteiger partial charge in [-0.15, -0.1) is 0 Å². The van der Waals surface area contributed by atoms with Crippen molar-refractivity contribution in [3.63, 3.8) is 0 Å². The highest BCUT2D eigenvalue weighted by Crippen LogP contribution is 2.16. The van der Waals surface area contributed by atoms with Crippen LogP contribution in [0.3, 0.4) is 0 Å². The molecule has 84 valence electrons. The van der Waals surface area contributed by atoms with Gasteiger partial charge in [-0.2, -0.15) is 0 Å². The van der Waals surface area contributed by atoms with Crippen LogP contribution in [-0.4, -0.2) is 29.5 Å². The fraction of sp³-hybridized carbons (Fsp3) is 0.462. The van der Waals surface area contributed by atoms with Gasteiger partial charge >= 0.3 is 0 Å². The standard InChI is InChI=1S/C13H16N2O/c1-2-6-12-11(5-1)14-13(16-12)7-10-15-8-3-4-9-15/h1-2,5-6H,3-4,7-10H2. The van der Waals surface area contributed by atoms with E-state index in [1.807, 2.05) is 24.3 Å². The van der Waals surface area contributed by atoms with Gasteiger partial charge in [-0.25, -0.2) is 4.98 Å². The Kier molecular flexibility index (Phi) is 2.62. The minimum Gasteiger partial charge on any atom is -0.441 e. The summed E-state index contributed by atoms with van der Waals surface area (Å²) in [4.78, 5) is 6.96. The maximum atomic E-state index is 5.69. The normalized spacial score (nSPS) is 17.2. The SMILES string of the molecule is c1ccc2oc(CCN3CCCC3)nc2c1. The first-order valence-electron chi connectivity index (χ1n) is 5.99. The third-order valence-corrected chi connectivity index (χ3v) is 3.18. The van der Waals surface area contributed by atoms with Gasteiger partial charge in [0.15, 0.2) is 11.5 Å². The summed E-state index contributed by atoms with van der Waals surface area (Å²) in [5.74, 6) is 0.869. The Bertz CT molecular complexity index is 438. The van der Waals surface area contributed by atoms with Crippen molar-refractivity contribution in [2.24, 2.45) is 0 Å². The van der Waals surface area contributed by atoms with Crippen molar-refractivity contribution in [1.29, 1.82) is 0 Å². The maximum absolute atomic E-state index is 5.69. The van der Waals surface area contributed by atoms with Crippen molar-refractivity contribution in [3.05, 3.63) is 30.2 Å². The molecule has 3 nitrogen and oxygen atoms in total. The minimum atomic E-state index is 0.869. The molecule has 3 rings (SSSR count). The summed E-state index contributed by atoms with van der Waals surface area (Å²) in [5, 5.41) is 0. The van der Waals surface area contributed by atoms with Crippen LogP contribution in [0.15, 0.2) is 28.7 Å². The zero-order valence-corrected chi connectivity index (χ0v) is 9.35. The Morgan fingerprint density at radius 1 is 1.19 bits per heavy atom. The Morgan fingerprint density at radius 2 is 2.00 bits per heavy atom. The monoisotopic (exact) mass is 216 g/mol. The Morgan fingerprint density at radius 3 is 2.81 bits per heavy atom. The lowest BCUT2D eigenvalue weighted by Gasteiger charge is -2.12. The predicted molar refractivity (Wildman–Crippen MR) is 63.4 cm³/mol. The Balaban J connectivity index is 1.69. The summed E-state index contributed by atoms with van der Waals surface area (Å²) in [6.45, 7) is 3.55. The van der Waals surface area contributed by atoms with Crippen molar-refractivity contribution < 1.29 is 4.42 Å². The molecule has 0 aliphatic carbocycles. The molecule has 0 N–H and O–H groups in total. The molecule has 0 bridgehead atoms. The molecule has 0 saturated carbocycles. The van der Waals surface area contributed by atoms with Crippen molar-refractivity contribution >= 4 is 11.1 Å². The van der Waals surface area contributed by atoms with Gasteiger partial charge < -0.3 is 9.32 Å². The first-order valence-corrected chi connectivity index (χ1v) is 5.99. The van der Waals surface area contributed by atoms with E-state index in [4.69, 9.17) is 4.42 Å². The van der Waals surface area contributed by atoms with E-state index in [9.17, 15) is 0 Å². The van der Waals surface area contributed by atoms with Crippen molar-refractivity contribution in [1.82, 2.24) is 9.88 Å². The van der Waals surface area contributed by atoms with Crippen LogP contribution < -0.4 is 0 Å². The highest BCUT2D eigenvalue weighted by Gasteiger charge is 2.12. The number of benzene rings is 1. The average Bonchev–Trinajstić information content (AvgIpc) is 2.95. The summed E-state index contributed by atoms with van der Waals surface area (Å²) < 4.78 is 5.69.